The van der Waals surface area contributed by atoms with Crippen molar-refractivity contribution in [3.63, 3.8) is 0 Å². The van der Waals surface area contributed by atoms with Gasteiger partial charge in [-0.05, 0) is 17.9 Å². The number of benzene rings is 1. The summed E-state index contributed by atoms with van der Waals surface area (Å²) in [6.07, 6.45) is 3.60. The summed E-state index contributed by atoms with van der Waals surface area (Å²) >= 11 is 0. The first-order valence-corrected chi connectivity index (χ1v) is 10.6. The van der Waals surface area contributed by atoms with Crippen LogP contribution in [0, 0.1) is 5.92 Å². The zero-order chi connectivity index (χ0) is 23.8. The van der Waals surface area contributed by atoms with Crippen LogP contribution in [0.1, 0.15) is 36.3 Å². The van der Waals surface area contributed by atoms with Gasteiger partial charge in [-0.15, -0.1) is 0 Å². The number of aliphatic hydroxyl groups excluding tert-OH is 2. The Hall–Kier alpha value is -2.96. The summed E-state index contributed by atoms with van der Waals surface area (Å²) in [4.78, 5) is 33.8. The van der Waals surface area contributed by atoms with Crippen molar-refractivity contribution < 1.29 is 34.0 Å². The van der Waals surface area contributed by atoms with E-state index in [4.69, 9.17) is 9.47 Å². The Bertz CT molecular complexity index is 890. The number of hydrogen-bond acceptors (Lipinski definition) is 9. The predicted molar refractivity (Wildman–Crippen MR) is 114 cm³/mol. The lowest BCUT2D eigenvalue weighted by Crippen LogP contribution is -2.57. The van der Waals surface area contributed by atoms with Gasteiger partial charge in [-0.3, -0.25) is 28.8 Å². The molecule has 1 aliphatic heterocycles. The molecular formula is C22H28N4O7. The van der Waals surface area contributed by atoms with Gasteiger partial charge in [0.2, 0.25) is 5.91 Å². The average Bonchev–Trinajstić information content (AvgIpc) is 2.78. The van der Waals surface area contributed by atoms with E-state index in [0.29, 0.717) is 6.42 Å². The summed E-state index contributed by atoms with van der Waals surface area (Å²) < 4.78 is 15.0. The minimum Gasteiger partial charge on any atom is -0.346 e. The first kappa shape index (κ1) is 24.7. The number of rotatable bonds is 9. The van der Waals surface area contributed by atoms with Gasteiger partial charge in [-0.2, -0.15) is 0 Å². The molecule has 4 unspecified atom stereocenters. The largest absolute Gasteiger partial charge is 0.346 e. The lowest BCUT2D eigenvalue weighted by atomic mass is 10.0. The van der Waals surface area contributed by atoms with Crippen molar-refractivity contribution in [3.05, 3.63) is 60.2 Å². The van der Waals surface area contributed by atoms with Crippen LogP contribution in [-0.2, 0) is 25.4 Å². The summed E-state index contributed by atoms with van der Waals surface area (Å²) in [6, 6.07) is 7.52. The molecule has 11 nitrogen and oxygen atoms in total. The van der Waals surface area contributed by atoms with E-state index >= 15 is 0 Å². The lowest BCUT2D eigenvalue weighted by molar-refractivity contribution is -0.481. The third kappa shape index (κ3) is 7.55. The Labute approximate surface area is 191 Å². The Balaban J connectivity index is 1.78. The maximum Gasteiger partial charge on any atom is 0.275 e. The Morgan fingerprint density at radius 1 is 1.03 bits per heavy atom. The third-order valence-corrected chi connectivity index (χ3v) is 4.82. The van der Waals surface area contributed by atoms with Crippen molar-refractivity contribution >= 4 is 11.8 Å². The van der Waals surface area contributed by atoms with Crippen LogP contribution in [0.3, 0.4) is 0 Å². The van der Waals surface area contributed by atoms with Crippen LogP contribution >= 0.6 is 0 Å². The molecule has 2 aromatic rings. The highest BCUT2D eigenvalue weighted by Gasteiger charge is 2.36. The van der Waals surface area contributed by atoms with Gasteiger partial charge in [0.05, 0.1) is 12.2 Å². The number of hydrogen-bond donors (Lipinski definition) is 4. The summed E-state index contributed by atoms with van der Waals surface area (Å²) in [5.41, 5.74) is 0.909. The molecule has 4 atom stereocenters. The number of amides is 2. The van der Waals surface area contributed by atoms with Crippen LogP contribution in [-0.4, -0.2) is 63.3 Å². The van der Waals surface area contributed by atoms with Gasteiger partial charge < -0.3 is 20.8 Å². The molecule has 4 N–H and O–H groups in total. The summed E-state index contributed by atoms with van der Waals surface area (Å²) in [5.74, 6) is -0.935. The Morgan fingerprint density at radius 3 is 2.33 bits per heavy atom. The van der Waals surface area contributed by atoms with E-state index < -0.39 is 43.1 Å². The summed E-state index contributed by atoms with van der Waals surface area (Å²) in [6.45, 7) is 0.453. The molecule has 0 radical (unpaired) electrons. The van der Waals surface area contributed by atoms with E-state index in [9.17, 15) is 19.8 Å². The number of ether oxygens (including phenoxy) is 3. The molecule has 11 heteroatoms. The molecule has 0 bridgehead atoms. The number of carbonyl (C=O) groups excluding carboxylic acids is 2. The monoisotopic (exact) mass is 460 g/mol. The van der Waals surface area contributed by atoms with E-state index in [1.54, 1.807) is 0 Å². The smallest absolute Gasteiger partial charge is 0.275 e. The van der Waals surface area contributed by atoms with E-state index in [-0.39, 0.29) is 18.0 Å². The molecule has 1 aromatic carbocycles. The molecule has 2 amide bonds. The topological polar surface area (TPSA) is 152 Å². The molecule has 1 aromatic heterocycles. The molecule has 0 aliphatic carbocycles. The van der Waals surface area contributed by atoms with Crippen molar-refractivity contribution in [2.24, 2.45) is 5.92 Å². The fourth-order valence-corrected chi connectivity index (χ4v) is 3.35. The second-order valence-corrected chi connectivity index (χ2v) is 7.94. The van der Waals surface area contributed by atoms with Crippen molar-refractivity contribution in [3.8, 4) is 0 Å². The summed E-state index contributed by atoms with van der Waals surface area (Å²) in [5, 5.41) is 24.8. The normalized spacial score (nSPS) is 22.4. The van der Waals surface area contributed by atoms with Gasteiger partial charge in [0.15, 0.2) is 6.29 Å². The number of aliphatic hydroxyl groups is 2. The maximum atomic E-state index is 13.3. The van der Waals surface area contributed by atoms with E-state index in [1.807, 2.05) is 44.2 Å². The SMILES string of the molecule is CC(C)CC(NC(=O)C(Cc1ccccc1)NC(=O)c1cnccn1)C1OC(O)OC(O)O1. The fraction of sp³-hybridized carbons (Fsp3) is 0.455. The van der Waals surface area contributed by atoms with Crippen molar-refractivity contribution in [2.45, 2.75) is 58.0 Å². The highest BCUT2D eigenvalue weighted by atomic mass is 17.0. The standard InChI is InChI=1S/C22H28N4O7/c1-13(2)10-16(20-31-21(29)33-22(30)32-20)26-18(27)15(11-14-6-4-3-5-7-14)25-19(28)17-12-23-8-9-24-17/h3-9,12-13,15-16,20-22,29-30H,10-11H2,1-2H3,(H,25,28)(H,26,27). The minimum absolute atomic E-state index is 0.0735. The second-order valence-electron chi connectivity index (χ2n) is 7.94. The van der Waals surface area contributed by atoms with E-state index in [1.165, 1.54) is 18.6 Å². The molecule has 1 fully saturated rings. The van der Waals surface area contributed by atoms with Crippen molar-refractivity contribution in [2.75, 3.05) is 0 Å². The lowest BCUT2D eigenvalue weighted by Gasteiger charge is -2.36. The molecule has 1 saturated heterocycles. The molecule has 3 rings (SSSR count). The molecule has 0 saturated carbocycles. The van der Waals surface area contributed by atoms with Gasteiger partial charge in [-0.25, -0.2) is 4.98 Å². The maximum absolute atomic E-state index is 13.3. The molecule has 0 spiro atoms. The molecule has 33 heavy (non-hydrogen) atoms. The average molecular weight is 460 g/mol. The molecule has 178 valence electrons. The van der Waals surface area contributed by atoms with Crippen molar-refractivity contribution in [1.82, 2.24) is 20.6 Å². The van der Waals surface area contributed by atoms with Crippen LogP contribution in [0.2, 0.25) is 0 Å². The molecule has 2 heterocycles. The van der Waals surface area contributed by atoms with Crippen LogP contribution in [0.25, 0.3) is 0 Å². The summed E-state index contributed by atoms with van der Waals surface area (Å²) in [7, 11) is 0. The van der Waals surface area contributed by atoms with Crippen LogP contribution in [0.5, 0.6) is 0 Å². The van der Waals surface area contributed by atoms with E-state index in [0.717, 1.165) is 5.56 Å². The van der Waals surface area contributed by atoms with Gasteiger partial charge in [0.1, 0.15) is 11.7 Å². The van der Waals surface area contributed by atoms with E-state index in [2.05, 4.69) is 25.3 Å². The quantitative estimate of drug-likeness (QED) is 0.414. The second kappa shape index (κ2) is 11.8. The van der Waals surface area contributed by atoms with Crippen LogP contribution in [0.15, 0.2) is 48.9 Å². The number of nitrogens with zero attached hydrogens (tertiary/aromatic N) is 2. The first-order valence-electron chi connectivity index (χ1n) is 10.6. The number of nitrogens with one attached hydrogen (secondary N) is 2. The Kier molecular flexibility index (Phi) is 8.80. The van der Waals surface area contributed by atoms with Crippen molar-refractivity contribution in [1.29, 1.82) is 0 Å². The number of aromatic nitrogens is 2. The molecular weight excluding hydrogens is 432 g/mol. The highest BCUT2D eigenvalue weighted by molar-refractivity contribution is 5.96. The fourth-order valence-electron chi connectivity index (χ4n) is 3.35. The Morgan fingerprint density at radius 2 is 1.73 bits per heavy atom. The number of carbonyl (C=O) groups is 2. The zero-order valence-corrected chi connectivity index (χ0v) is 18.3. The zero-order valence-electron chi connectivity index (χ0n) is 18.3. The van der Waals surface area contributed by atoms with Gasteiger partial charge >= 0.3 is 0 Å². The molecule has 1 aliphatic rings. The van der Waals surface area contributed by atoms with Crippen LogP contribution in [0.4, 0.5) is 0 Å². The van der Waals surface area contributed by atoms with Gasteiger partial charge in [0.25, 0.3) is 18.9 Å². The predicted octanol–water partition coefficient (Wildman–Crippen LogP) is 0.290. The highest BCUT2D eigenvalue weighted by Crippen LogP contribution is 2.20. The van der Waals surface area contributed by atoms with Gasteiger partial charge in [-0.1, -0.05) is 44.2 Å². The minimum atomic E-state index is -1.71. The van der Waals surface area contributed by atoms with Gasteiger partial charge in [0, 0.05) is 18.8 Å². The van der Waals surface area contributed by atoms with Crippen LogP contribution < -0.4 is 10.6 Å². The third-order valence-electron chi connectivity index (χ3n) is 4.82. The first-order chi connectivity index (χ1) is 15.8.